The molecule has 0 saturated heterocycles. The molecular weight excluding hydrogens is 323 g/mol. The Kier molecular flexibility index (Phi) is 5.19. The minimum absolute atomic E-state index is 0.130. The lowest BCUT2D eigenvalue weighted by Crippen LogP contribution is -2.33. The first kappa shape index (κ1) is 14.8. The number of halogens is 2. The van der Waals surface area contributed by atoms with Crippen molar-refractivity contribution in [3.63, 3.8) is 0 Å². The summed E-state index contributed by atoms with van der Waals surface area (Å²) in [5.41, 5.74) is -0.130. The Morgan fingerprint density at radius 1 is 1.26 bits per heavy atom. The molecule has 0 bridgehead atoms. The highest BCUT2D eigenvalue weighted by molar-refractivity contribution is 9.10. The number of carbonyl (C=O) groups is 3. The monoisotopic (exact) mass is 330 g/mol. The van der Waals surface area contributed by atoms with Crippen LogP contribution in [0.1, 0.15) is 0 Å². The average molecular weight is 331 g/mol. The zero-order chi connectivity index (χ0) is 14.4. The molecule has 1 rings (SSSR count). The summed E-state index contributed by atoms with van der Waals surface area (Å²) in [6, 6.07) is 3.09. The zero-order valence-corrected chi connectivity index (χ0v) is 10.9. The van der Waals surface area contributed by atoms with Crippen molar-refractivity contribution >= 4 is 39.5 Å². The summed E-state index contributed by atoms with van der Waals surface area (Å²) in [6.45, 7) is 0. The molecule has 8 heteroatoms. The van der Waals surface area contributed by atoms with Gasteiger partial charge < -0.3 is 10.4 Å². The van der Waals surface area contributed by atoms with Gasteiger partial charge in [0.2, 0.25) is 0 Å². The molecule has 0 spiro atoms. The van der Waals surface area contributed by atoms with Gasteiger partial charge in [0.15, 0.2) is 0 Å². The Balaban J connectivity index is 2.66. The van der Waals surface area contributed by atoms with Gasteiger partial charge in [-0.3, -0.25) is 10.1 Å². The van der Waals surface area contributed by atoms with Gasteiger partial charge in [-0.15, -0.1) is 0 Å². The van der Waals surface area contributed by atoms with Crippen LogP contribution in [0.2, 0.25) is 0 Å². The van der Waals surface area contributed by atoms with Crippen LogP contribution in [-0.4, -0.2) is 23.0 Å². The Hall–Kier alpha value is -2.22. The fourth-order valence-electron chi connectivity index (χ4n) is 1.06. The molecule has 0 unspecified atom stereocenters. The number of rotatable bonds is 3. The number of para-hydroxylation sites is 1. The Labute approximate surface area is 115 Å². The van der Waals surface area contributed by atoms with Crippen LogP contribution in [0.5, 0.6) is 0 Å². The molecule has 0 aliphatic carbocycles. The van der Waals surface area contributed by atoms with Gasteiger partial charge in [-0.2, -0.15) is 0 Å². The van der Waals surface area contributed by atoms with Crippen molar-refractivity contribution in [2.75, 3.05) is 5.32 Å². The van der Waals surface area contributed by atoms with Crippen molar-refractivity contribution in [1.29, 1.82) is 0 Å². The van der Waals surface area contributed by atoms with E-state index in [9.17, 15) is 18.8 Å². The van der Waals surface area contributed by atoms with E-state index in [4.69, 9.17) is 5.11 Å². The number of aliphatic carboxylic acids is 1. The maximum Gasteiger partial charge on any atom is 0.328 e. The lowest BCUT2D eigenvalue weighted by atomic mass is 10.3. The van der Waals surface area contributed by atoms with Gasteiger partial charge in [-0.05, 0) is 28.1 Å². The Morgan fingerprint density at radius 2 is 1.95 bits per heavy atom. The van der Waals surface area contributed by atoms with E-state index in [1.165, 1.54) is 12.1 Å². The molecule has 0 aliphatic heterocycles. The summed E-state index contributed by atoms with van der Waals surface area (Å²) in [5, 5.41) is 12.2. The molecule has 0 aliphatic rings. The predicted molar refractivity (Wildman–Crippen MR) is 68.0 cm³/mol. The summed E-state index contributed by atoms with van der Waals surface area (Å²) < 4.78 is 13.7. The minimum Gasteiger partial charge on any atom is -0.478 e. The number of carboxylic acids is 1. The summed E-state index contributed by atoms with van der Waals surface area (Å²) in [6.07, 6.45) is 1.24. The molecule has 3 amide bonds. The molecule has 0 atom stereocenters. The molecule has 0 radical (unpaired) electrons. The lowest BCUT2D eigenvalue weighted by Gasteiger charge is -2.08. The highest BCUT2D eigenvalue weighted by atomic mass is 79.9. The van der Waals surface area contributed by atoms with Crippen molar-refractivity contribution in [2.45, 2.75) is 0 Å². The SMILES string of the molecule is O=C(O)/C=C/C(=O)NC(=O)Nc1c(F)cccc1Br. The van der Waals surface area contributed by atoms with Crippen LogP contribution in [-0.2, 0) is 9.59 Å². The normalized spacial score (nSPS) is 10.2. The van der Waals surface area contributed by atoms with Crippen LogP contribution in [0.3, 0.4) is 0 Å². The van der Waals surface area contributed by atoms with Crippen LogP contribution >= 0.6 is 15.9 Å². The number of anilines is 1. The molecule has 0 aromatic heterocycles. The first-order valence-electron chi connectivity index (χ1n) is 4.87. The third kappa shape index (κ3) is 4.88. The van der Waals surface area contributed by atoms with Crippen LogP contribution < -0.4 is 10.6 Å². The summed E-state index contributed by atoms with van der Waals surface area (Å²) in [5.74, 6) is -2.95. The summed E-state index contributed by atoms with van der Waals surface area (Å²) in [7, 11) is 0. The number of amides is 3. The second-order valence-electron chi connectivity index (χ2n) is 3.21. The highest BCUT2D eigenvalue weighted by Gasteiger charge is 2.11. The standard InChI is InChI=1S/C11H8BrFN2O4/c12-6-2-1-3-7(13)10(6)15-11(19)14-8(16)4-5-9(17)18/h1-5H,(H,17,18)(H2,14,15,16,19)/b5-4+. The maximum absolute atomic E-state index is 13.4. The number of nitrogens with one attached hydrogen (secondary N) is 2. The predicted octanol–water partition coefficient (Wildman–Crippen LogP) is 1.88. The molecule has 19 heavy (non-hydrogen) atoms. The van der Waals surface area contributed by atoms with Gasteiger partial charge in [-0.1, -0.05) is 6.07 Å². The third-order valence-electron chi connectivity index (χ3n) is 1.82. The first-order valence-corrected chi connectivity index (χ1v) is 5.66. The Bertz CT molecular complexity index is 539. The van der Waals surface area contributed by atoms with Crippen LogP contribution in [0.4, 0.5) is 14.9 Å². The second-order valence-corrected chi connectivity index (χ2v) is 4.07. The molecule has 0 fully saturated rings. The third-order valence-corrected chi connectivity index (χ3v) is 2.48. The van der Waals surface area contributed by atoms with Crippen molar-refractivity contribution in [1.82, 2.24) is 5.32 Å². The van der Waals surface area contributed by atoms with Gasteiger partial charge in [0.05, 0.1) is 5.69 Å². The fourth-order valence-corrected chi connectivity index (χ4v) is 1.50. The van der Waals surface area contributed by atoms with E-state index in [-0.39, 0.29) is 5.69 Å². The van der Waals surface area contributed by atoms with Crippen LogP contribution in [0, 0.1) is 5.82 Å². The summed E-state index contributed by atoms with van der Waals surface area (Å²) >= 11 is 3.03. The molecule has 6 nitrogen and oxygen atoms in total. The molecule has 1 aromatic rings. The topological polar surface area (TPSA) is 95.5 Å². The number of carbonyl (C=O) groups excluding carboxylic acids is 2. The lowest BCUT2D eigenvalue weighted by molar-refractivity contribution is -0.131. The number of hydrogen-bond acceptors (Lipinski definition) is 3. The van der Waals surface area contributed by atoms with E-state index >= 15 is 0 Å². The van der Waals surface area contributed by atoms with Crippen LogP contribution in [0.15, 0.2) is 34.8 Å². The van der Waals surface area contributed by atoms with Gasteiger partial charge in [0.1, 0.15) is 5.82 Å². The quantitative estimate of drug-likeness (QED) is 0.737. The molecular formula is C11H8BrFN2O4. The average Bonchev–Trinajstić information content (AvgIpc) is 2.31. The van der Waals surface area contributed by atoms with Crippen molar-refractivity contribution in [3.05, 3.63) is 40.6 Å². The van der Waals surface area contributed by atoms with Crippen molar-refractivity contribution in [3.8, 4) is 0 Å². The van der Waals surface area contributed by atoms with E-state index in [2.05, 4.69) is 21.2 Å². The molecule has 3 N–H and O–H groups in total. The molecule has 0 heterocycles. The smallest absolute Gasteiger partial charge is 0.328 e. The van der Waals surface area contributed by atoms with E-state index in [0.29, 0.717) is 16.6 Å². The number of carboxylic acid groups (broad SMARTS) is 1. The van der Waals surface area contributed by atoms with Crippen LogP contribution in [0.25, 0.3) is 0 Å². The van der Waals surface area contributed by atoms with Gasteiger partial charge in [0, 0.05) is 16.6 Å². The van der Waals surface area contributed by atoms with Gasteiger partial charge >= 0.3 is 12.0 Å². The van der Waals surface area contributed by atoms with Crippen molar-refractivity contribution < 1.29 is 23.9 Å². The minimum atomic E-state index is -1.33. The Morgan fingerprint density at radius 3 is 2.53 bits per heavy atom. The molecule has 100 valence electrons. The fraction of sp³-hybridized carbons (Fsp3) is 0. The van der Waals surface area contributed by atoms with E-state index < -0.39 is 23.7 Å². The largest absolute Gasteiger partial charge is 0.478 e. The van der Waals surface area contributed by atoms with Gasteiger partial charge in [0.25, 0.3) is 5.91 Å². The van der Waals surface area contributed by atoms with E-state index in [0.717, 1.165) is 6.07 Å². The highest BCUT2D eigenvalue weighted by Crippen LogP contribution is 2.24. The number of benzene rings is 1. The number of hydrogen-bond donors (Lipinski definition) is 3. The number of urea groups is 1. The zero-order valence-electron chi connectivity index (χ0n) is 9.31. The molecule has 1 aromatic carbocycles. The van der Waals surface area contributed by atoms with E-state index in [1.807, 2.05) is 5.32 Å². The maximum atomic E-state index is 13.4. The number of imide groups is 1. The van der Waals surface area contributed by atoms with E-state index in [1.54, 1.807) is 0 Å². The van der Waals surface area contributed by atoms with Gasteiger partial charge in [-0.25, -0.2) is 14.0 Å². The second kappa shape index (κ2) is 6.64. The van der Waals surface area contributed by atoms with Crippen molar-refractivity contribution in [2.24, 2.45) is 0 Å². The first-order chi connectivity index (χ1) is 8.90. The molecule has 0 saturated carbocycles. The summed E-state index contributed by atoms with van der Waals surface area (Å²) in [4.78, 5) is 32.6.